The van der Waals surface area contributed by atoms with Crippen molar-refractivity contribution in [3.05, 3.63) is 47.0 Å². The molecule has 0 aromatic heterocycles. The van der Waals surface area contributed by atoms with Crippen molar-refractivity contribution in [3.8, 4) is 0 Å². The van der Waals surface area contributed by atoms with Crippen LogP contribution < -0.4 is 0 Å². The van der Waals surface area contributed by atoms with Gasteiger partial charge in [0.05, 0.1) is 29.1 Å². The zero-order chi connectivity index (χ0) is 30.8. The highest BCUT2D eigenvalue weighted by atomic mass is 16.6. The van der Waals surface area contributed by atoms with Crippen molar-refractivity contribution >= 4 is 23.7 Å². The summed E-state index contributed by atoms with van der Waals surface area (Å²) in [6.07, 6.45) is -3.64. The summed E-state index contributed by atoms with van der Waals surface area (Å²) in [6.45, 7) is 7.46. The quantitative estimate of drug-likeness (QED) is 0.301. The number of esters is 3. The van der Waals surface area contributed by atoms with Crippen LogP contribution in [0, 0.1) is 23.2 Å². The highest BCUT2D eigenvalue weighted by molar-refractivity contribution is 5.95. The minimum atomic E-state index is -1.94. The first-order valence-electron chi connectivity index (χ1n) is 14.5. The summed E-state index contributed by atoms with van der Waals surface area (Å²) >= 11 is 0. The number of ketones is 1. The molecule has 1 unspecified atom stereocenters. The van der Waals surface area contributed by atoms with Crippen molar-refractivity contribution in [3.63, 3.8) is 0 Å². The molecule has 0 heterocycles. The van der Waals surface area contributed by atoms with Gasteiger partial charge in [-0.3, -0.25) is 14.4 Å². The summed E-state index contributed by atoms with van der Waals surface area (Å²) in [5, 5.41) is 24.0. The highest BCUT2D eigenvalue weighted by Crippen LogP contribution is 2.66. The third kappa shape index (κ3) is 4.33. The second-order valence-electron chi connectivity index (χ2n) is 12.6. The topological polar surface area (TPSA) is 146 Å². The van der Waals surface area contributed by atoms with Crippen LogP contribution in [0.15, 0.2) is 41.5 Å². The molecular formula is C32H40O10. The van der Waals surface area contributed by atoms with E-state index < -0.39 is 76.6 Å². The molecule has 42 heavy (non-hydrogen) atoms. The number of fused-ring (bicyclic) bond motifs is 5. The summed E-state index contributed by atoms with van der Waals surface area (Å²) in [4.78, 5) is 53.7. The maximum atomic E-state index is 14.9. The monoisotopic (exact) mass is 584 g/mol. The molecule has 0 amide bonds. The number of aliphatic hydroxyl groups excluding tert-OH is 1. The Morgan fingerprint density at radius 3 is 2.26 bits per heavy atom. The van der Waals surface area contributed by atoms with Crippen LogP contribution in [0.3, 0.4) is 0 Å². The van der Waals surface area contributed by atoms with Crippen LogP contribution in [0.5, 0.6) is 0 Å². The molecule has 2 bridgehead atoms. The van der Waals surface area contributed by atoms with Crippen LogP contribution in [-0.4, -0.2) is 76.6 Å². The number of carbonyl (C=O) groups is 4. The fraction of sp³-hybridized carbons (Fsp3) is 0.625. The Balaban J connectivity index is 1.82. The van der Waals surface area contributed by atoms with E-state index in [1.54, 1.807) is 51.1 Å². The van der Waals surface area contributed by atoms with Gasteiger partial charge in [0.1, 0.15) is 17.3 Å². The van der Waals surface area contributed by atoms with Gasteiger partial charge in [0, 0.05) is 39.2 Å². The molecule has 1 aromatic carbocycles. The molecule has 10 atom stereocenters. The van der Waals surface area contributed by atoms with E-state index in [1.165, 1.54) is 21.0 Å². The molecule has 0 aliphatic heterocycles. The molecule has 4 aliphatic carbocycles. The summed E-state index contributed by atoms with van der Waals surface area (Å²) in [5.41, 5.74) is -3.86. The lowest BCUT2D eigenvalue weighted by atomic mass is 9.42. The lowest BCUT2D eigenvalue weighted by molar-refractivity contribution is -0.292. The van der Waals surface area contributed by atoms with Crippen LogP contribution in [0.2, 0.25) is 0 Å². The number of hydrogen-bond donors (Lipinski definition) is 2. The van der Waals surface area contributed by atoms with E-state index in [9.17, 15) is 29.4 Å². The third-order valence-electron chi connectivity index (χ3n) is 10.6. The lowest BCUT2D eigenvalue weighted by Gasteiger charge is -2.67. The molecule has 4 aliphatic rings. The molecule has 1 aromatic rings. The molecule has 0 saturated heterocycles. The van der Waals surface area contributed by atoms with Crippen LogP contribution in [0.25, 0.3) is 0 Å². The fourth-order valence-corrected chi connectivity index (χ4v) is 8.42. The van der Waals surface area contributed by atoms with Crippen molar-refractivity contribution in [2.24, 2.45) is 23.2 Å². The van der Waals surface area contributed by atoms with E-state index in [1.807, 2.05) is 0 Å². The number of methoxy groups -OCH3 is 1. The van der Waals surface area contributed by atoms with E-state index >= 15 is 0 Å². The average Bonchev–Trinajstić information content (AvgIpc) is 2.92. The minimum Gasteiger partial charge on any atom is -0.458 e. The standard InChI is InChI=1S/C32H40O10/c1-16-22(35)15-31(38)17(2)24(16)25(40-18(3)33)27(36)30(5)23(39-6)14-21-12-13-32(21,42-19(4)34)26(30)28(31)41-29(37)20-10-8-7-9-11-20/h7-11,17,21-23,25-26,28,35,38H,12-15H2,1-6H3/t17-,21-,22+,23+,25-,26?,28+,30-,31+,32+/m1/s1. The first-order valence-corrected chi connectivity index (χ1v) is 14.5. The van der Waals surface area contributed by atoms with Crippen molar-refractivity contribution in [2.45, 2.75) is 95.9 Å². The number of Topliss-reactive ketones (excluding diaryl/α,β-unsaturated/α-hetero) is 1. The van der Waals surface area contributed by atoms with Gasteiger partial charge in [-0.1, -0.05) is 25.1 Å². The van der Waals surface area contributed by atoms with Gasteiger partial charge in [-0.2, -0.15) is 0 Å². The number of aliphatic hydroxyl groups is 2. The first kappa shape index (κ1) is 30.4. The van der Waals surface area contributed by atoms with E-state index in [4.69, 9.17) is 18.9 Å². The summed E-state index contributed by atoms with van der Waals surface area (Å²) in [6, 6.07) is 8.28. The Hall–Kier alpha value is -3.08. The fourth-order valence-electron chi connectivity index (χ4n) is 8.42. The van der Waals surface area contributed by atoms with E-state index in [0.29, 0.717) is 24.8 Å². The Morgan fingerprint density at radius 2 is 1.71 bits per heavy atom. The van der Waals surface area contributed by atoms with Crippen molar-refractivity contribution in [1.29, 1.82) is 0 Å². The number of rotatable bonds is 5. The highest BCUT2D eigenvalue weighted by Gasteiger charge is 2.76. The number of carbonyl (C=O) groups excluding carboxylic acids is 4. The van der Waals surface area contributed by atoms with Gasteiger partial charge in [-0.05, 0) is 56.4 Å². The predicted octanol–water partition coefficient (Wildman–Crippen LogP) is 2.93. The maximum absolute atomic E-state index is 14.9. The Morgan fingerprint density at radius 1 is 1.05 bits per heavy atom. The second kappa shape index (κ2) is 10.6. The van der Waals surface area contributed by atoms with Crippen molar-refractivity contribution in [2.75, 3.05) is 7.11 Å². The molecule has 5 rings (SSSR count). The lowest BCUT2D eigenvalue weighted by Crippen LogP contribution is -2.77. The molecule has 0 radical (unpaired) electrons. The molecule has 2 N–H and O–H groups in total. The van der Waals surface area contributed by atoms with Crippen LogP contribution in [-0.2, 0) is 33.3 Å². The second-order valence-corrected chi connectivity index (χ2v) is 12.6. The molecule has 3 fully saturated rings. The zero-order valence-electron chi connectivity index (χ0n) is 24.9. The number of hydrogen-bond acceptors (Lipinski definition) is 10. The molecular weight excluding hydrogens is 544 g/mol. The molecule has 10 nitrogen and oxygen atoms in total. The number of ether oxygens (including phenoxy) is 4. The molecule has 3 saturated carbocycles. The van der Waals surface area contributed by atoms with Gasteiger partial charge in [-0.25, -0.2) is 4.79 Å². The van der Waals surface area contributed by atoms with E-state index in [2.05, 4.69) is 0 Å². The number of benzene rings is 1. The zero-order valence-corrected chi connectivity index (χ0v) is 24.9. The van der Waals surface area contributed by atoms with E-state index in [0.717, 1.165) is 0 Å². The maximum Gasteiger partial charge on any atom is 0.338 e. The van der Waals surface area contributed by atoms with Gasteiger partial charge < -0.3 is 29.2 Å². The third-order valence-corrected chi connectivity index (χ3v) is 10.6. The Bertz CT molecular complexity index is 1320. The van der Waals surface area contributed by atoms with Crippen LogP contribution in [0.1, 0.15) is 70.7 Å². The Kier molecular flexibility index (Phi) is 7.65. The molecule has 10 heteroatoms. The summed E-state index contributed by atoms with van der Waals surface area (Å²) in [7, 11) is 1.48. The largest absolute Gasteiger partial charge is 0.458 e. The van der Waals surface area contributed by atoms with Crippen LogP contribution in [0.4, 0.5) is 0 Å². The van der Waals surface area contributed by atoms with E-state index in [-0.39, 0.29) is 23.5 Å². The van der Waals surface area contributed by atoms with Gasteiger partial charge in [0.25, 0.3) is 0 Å². The van der Waals surface area contributed by atoms with Gasteiger partial charge >= 0.3 is 17.9 Å². The Labute approximate surface area is 245 Å². The predicted molar refractivity (Wildman–Crippen MR) is 148 cm³/mol. The van der Waals surface area contributed by atoms with Gasteiger partial charge in [-0.15, -0.1) is 0 Å². The summed E-state index contributed by atoms with van der Waals surface area (Å²) < 4.78 is 24.1. The van der Waals surface area contributed by atoms with Crippen molar-refractivity contribution < 1.29 is 48.3 Å². The molecule has 228 valence electrons. The minimum absolute atomic E-state index is 0.220. The van der Waals surface area contributed by atoms with Crippen molar-refractivity contribution in [1.82, 2.24) is 0 Å². The smallest absolute Gasteiger partial charge is 0.338 e. The van der Waals surface area contributed by atoms with Crippen LogP contribution >= 0.6 is 0 Å². The molecule has 0 spiro atoms. The SMILES string of the molecule is CO[C@H]1C[C@H]2CC[C@@]2(OC(C)=O)C2[C@H](OC(=O)c3ccccc3)[C@]3(O)C[C@H](O)C(C)=C([C@@H](OC(C)=O)C(=O)[C@@]21C)[C@H]3C. The van der Waals surface area contributed by atoms with Gasteiger partial charge in [0.2, 0.25) is 0 Å². The van der Waals surface area contributed by atoms with Gasteiger partial charge in [0.15, 0.2) is 11.9 Å². The summed E-state index contributed by atoms with van der Waals surface area (Å²) in [5.74, 6) is -4.76. The first-order chi connectivity index (χ1) is 19.7. The normalized spacial score (nSPS) is 40.9. The average molecular weight is 585 g/mol.